The molecular weight excluding hydrogens is 308 g/mol. The molecule has 0 radical (unpaired) electrons. The number of alkyl halides is 4. The van der Waals surface area contributed by atoms with E-state index < -0.39 is 23.3 Å². The van der Waals surface area contributed by atoms with Gasteiger partial charge in [-0.25, -0.2) is 0 Å². The molecule has 0 aromatic carbocycles. The second kappa shape index (κ2) is 6.23. The minimum Gasteiger partial charge on any atom is -0.378 e. The van der Waals surface area contributed by atoms with Crippen molar-refractivity contribution < 1.29 is 22.3 Å². The molecule has 0 amide bonds. The Labute approximate surface area is 134 Å². The van der Waals surface area contributed by atoms with Crippen molar-refractivity contribution in [3.63, 3.8) is 0 Å². The van der Waals surface area contributed by atoms with Gasteiger partial charge in [0.25, 0.3) is 0 Å². The summed E-state index contributed by atoms with van der Waals surface area (Å²) in [6.07, 6.45) is 8.58. The van der Waals surface area contributed by atoms with Crippen molar-refractivity contribution in [1.82, 2.24) is 0 Å². The Hall–Kier alpha value is -0.840. The highest BCUT2D eigenvalue weighted by atomic mass is 19.3. The molecule has 130 valence electrons. The molecule has 1 unspecified atom stereocenters. The smallest absolute Gasteiger partial charge is 0.336 e. The second-order valence-corrected chi connectivity index (χ2v) is 7.14. The van der Waals surface area contributed by atoms with Gasteiger partial charge in [0.15, 0.2) is 0 Å². The fourth-order valence-corrected chi connectivity index (χ4v) is 4.18. The lowest BCUT2D eigenvalue weighted by Gasteiger charge is -2.40. The van der Waals surface area contributed by atoms with Crippen molar-refractivity contribution in [1.29, 1.82) is 0 Å². The summed E-state index contributed by atoms with van der Waals surface area (Å²) in [4.78, 5) is 0. The second-order valence-electron chi connectivity index (χ2n) is 7.14. The Kier molecular flexibility index (Phi) is 4.60. The van der Waals surface area contributed by atoms with E-state index in [1.165, 1.54) is 6.08 Å². The average Bonchev–Trinajstić information content (AvgIpc) is 2.54. The maximum atomic E-state index is 14.2. The summed E-state index contributed by atoms with van der Waals surface area (Å²) in [5.74, 6) is -8.19. The van der Waals surface area contributed by atoms with Crippen LogP contribution in [0.2, 0.25) is 0 Å². The maximum absolute atomic E-state index is 14.2. The number of hydrogen-bond acceptors (Lipinski definition) is 1. The van der Waals surface area contributed by atoms with Crippen LogP contribution in [-0.2, 0) is 4.74 Å². The zero-order valence-corrected chi connectivity index (χ0v) is 13.5. The lowest BCUT2D eigenvalue weighted by Crippen LogP contribution is -2.47. The van der Waals surface area contributed by atoms with Crippen LogP contribution in [-0.4, -0.2) is 24.6 Å². The first-order chi connectivity index (χ1) is 10.8. The highest BCUT2D eigenvalue weighted by Gasteiger charge is 2.61. The molecule has 23 heavy (non-hydrogen) atoms. The molecule has 0 N–H and O–H groups in total. The lowest BCUT2D eigenvalue weighted by molar-refractivity contribution is -0.168. The van der Waals surface area contributed by atoms with Crippen molar-refractivity contribution in [3.8, 4) is 0 Å². The normalized spacial score (nSPS) is 37.0. The number of hydrogen-bond donors (Lipinski definition) is 0. The first-order valence-electron chi connectivity index (χ1n) is 8.60. The first kappa shape index (κ1) is 17.0. The van der Waals surface area contributed by atoms with Crippen LogP contribution >= 0.6 is 0 Å². The highest BCUT2D eigenvalue weighted by Crippen LogP contribution is 2.52. The van der Waals surface area contributed by atoms with Gasteiger partial charge in [-0.05, 0) is 63.7 Å². The molecule has 0 spiro atoms. The predicted octanol–water partition coefficient (Wildman–Crippen LogP) is 5.52. The van der Waals surface area contributed by atoms with Crippen molar-refractivity contribution in [2.75, 3.05) is 6.61 Å². The van der Waals surface area contributed by atoms with Crippen LogP contribution in [0.5, 0.6) is 0 Å². The van der Waals surface area contributed by atoms with E-state index in [0.717, 1.165) is 51.7 Å². The standard InChI is InChI=1S/C18H24F4O/c1-12-5-10-15(18(21,22)17(12,19)20)13-6-8-14(9-7-13)16-4-2-3-11-23-16/h5,10,13-14,16H,2-4,6-9,11H2,1H3. The molecule has 1 aliphatic heterocycles. The molecule has 0 bridgehead atoms. The van der Waals surface area contributed by atoms with Crippen molar-refractivity contribution in [2.24, 2.45) is 11.8 Å². The molecule has 1 saturated carbocycles. The molecule has 3 rings (SSSR count). The Morgan fingerprint density at radius 3 is 2.22 bits per heavy atom. The van der Waals surface area contributed by atoms with Gasteiger partial charge in [-0.1, -0.05) is 12.2 Å². The van der Waals surface area contributed by atoms with E-state index in [2.05, 4.69) is 0 Å². The minimum atomic E-state index is -4.07. The van der Waals surface area contributed by atoms with Crippen LogP contribution < -0.4 is 0 Å². The molecule has 2 aliphatic carbocycles. The molecule has 0 aromatic rings. The Balaban J connectivity index is 1.67. The fraction of sp³-hybridized carbons (Fsp3) is 0.778. The van der Waals surface area contributed by atoms with Crippen molar-refractivity contribution >= 4 is 0 Å². The van der Waals surface area contributed by atoms with Crippen LogP contribution in [0.3, 0.4) is 0 Å². The zero-order chi connectivity index (χ0) is 16.7. The highest BCUT2D eigenvalue weighted by molar-refractivity contribution is 5.38. The SMILES string of the molecule is CC1=CC=C(C2CCC(C3CCCCO3)CC2)C(F)(F)C1(F)F. The topological polar surface area (TPSA) is 9.23 Å². The summed E-state index contributed by atoms with van der Waals surface area (Å²) in [7, 11) is 0. The monoisotopic (exact) mass is 332 g/mol. The number of halogens is 4. The van der Waals surface area contributed by atoms with Crippen molar-refractivity contribution in [3.05, 3.63) is 23.3 Å². The molecule has 3 aliphatic rings. The third-order valence-corrected chi connectivity index (χ3v) is 5.72. The van der Waals surface area contributed by atoms with Gasteiger partial charge < -0.3 is 4.74 Å². The van der Waals surface area contributed by atoms with Gasteiger partial charge in [0.1, 0.15) is 0 Å². The number of rotatable bonds is 2. The quantitative estimate of drug-likeness (QED) is 0.605. The summed E-state index contributed by atoms with van der Waals surface area (Å²) >= 11 is 0. The van der Waals surface area contributed by atoms with Crippen LogP contribution in [0.4, 0.5) is 17.6 Å². The Morgan fingerprint density at radius 2 is 1.61 bits per heavy atom. The van der Waals surface area contributed by atoms with E-state index in [1.807, 2.05) is 0 Å². The fourth-order valence-electron chi connectivity index (χ4n) is 4.18. The number of ether oxygens (including phenoxy) is 1. The third-order valence-electron chi connectivity index (χ3n) is 5.72. The summed E-state index contributed by atoms with van der Waals surface area (Å²) < 4.78 is 62.0. The van der Waals surface area contributed by atoms with Gasteiger partial charge in [-0.2, -0.15) is 17.6 Å². The lowest BCUT2D eigenvalue weighted by atomic mass is 9.72. The van der Waals surface area contributed by atoms with E-state index in [-0.39, 0.29) is 11.7 Å². The Morgan fingerprint density at radius 1 is 0.913 bits per heavy atom. The van der Waals surface area contributed by atoms with Gasteiger partial charge in [-0.3, -0.25) is 0 Å². The van der Waals surface area contributed by atoms with Gasteiger partial charge in [-0.15, -0.1) is 0 Å². The van der Waals surface area contributed by atoms with E-state index in [4.69, 9.17) is 4.74 Å². The summed E-state index contributed by atoms with van der Waals surface area (Å²) in [6.45, 7) is 1.85. The molecular formula is C18H24F4O. The molecule has 1 nitrogen and oxygen atoms in total. The Bertz CT molecular complexity index is 495. The van der Waals surface area contributed by atoms with Gasteiger partial charge in [0.05, 0.1) is 6.10 Å². The summed E-state index contributed by atoms with van der Waals surface area (Å²) in [5, 5.41) is 0. The summed E-state index contributed by atoms with van der Waals surface area (Å²) in [6, 6.07) is 0. The molecule has 0 aromatic heterocycles. The van der Waals surface area contributed by atoms with Crippen molar-refractivity contribution in [2.45, 2.75) is 69.8 Å². The average molecular weight is 332 g/mol. The molecule has 5 heteroatoms. The van der Waals surface area contributed by atoms with Crippen LogP contribution in [0.1, 0.15) is 51.9 Å². The van der Waals surface area contributed by atoms with Gasteiger partial charge >= 0.3 is 11.8 Å². The molecule has 2 fully saturated rings. The van der Waals surface area contributed by atoms with Gasteiger partial charge in [0, 0.05) is 17.8 Å². The van der Waals surface area contributed by atoms with E-state index in [9.17, 15) is 17.6 Å². The maximum Gasteiger partial charge on any atom is 0.336 e. The summed E-state index contributed by atoms with van der Waals surface area (Å²) in [5.41, 5.74) is -0.938. The third kappa shape index (κ3) is 2.97. The largest absolute Gasteiger partial charge is 0.378 e. The molecule has 1 heterocycles. The molecule has 1 atom stereocenters. The van der Waals surface area contributed by atoms with Crippen LogP contribution in [0.25, 0.3) is 0 Å². The van der Waals surface area contributed by atoms with E-state index in [1.54, 1.807) is 0 Å². The zero-order valence-electron chi connectivity index (χ0n) is 13.5. The van der Waals surface area contributed by atoms with E-state index >= 15 is 0 Å². The van der Waals surface area contributed by atoms with Gasteiger partial charge in [0.2, 0.25) is 0 Å². The van der Waals surface area contributed by atoms with E-state index in [0.29, 0.717) is 18.8 Å². The predicted molar refractivity (Wildman–Crippen MR) is 80.8 cm³/mol. The van der Waals surface area contributed by atoms with Crippen LogP contribution in [0.15, 0.2) is 23.3 Å². The first-order valence-corrected chi connectivity index (χ1v) is 8.60. The number of allylic oxidation sites excluding steroid dienone is 4. The minimum absolute atomic E-state index is 0.231. The molecule has 1 saturated heterocycles. The van der Waals surface area contributed by atoms with Crippen LogP contribution in [0, 0.1) is 11.8 Å².